The van der Waals surface area contributed by atoms with Crippen molar-refractivity contribution in [3.05, 3.63) is 48.2 Å². The molecule has 2 aromatic rings. The number of hydrogen-bond acceptors (Lipinski definition) is 6. The lowest BCUT2D eigenvalue weighted by Gasteiger charge is -2.32. The lowest BCUT2D eigenvalue weighted by atomic mass is 10.1. The molecule has 29 heavy (non-hydrogen) atoms. The van der Waals surface area contributed by atoms with E-state index in [1.807, 2.05) is 36.4 Å². The Kier molecular flexibility index (Phi) is 6.14. The molecule has 1 fully saturated rings. The molecular weight excluding hydrogens is 370 g/mol. The minimum Gasteiger partial charge on any atom is -0.486 e. The number of anilines is 1. The number of fused-ring (bicyclic) bond motifs is 1. The summed E-state index contributed by atoms with van der Waals surface area (Å²) < 4.78 is 17.0. The molecule has 2 aliphatic heterocycles. The first-order valence-electron chi connectivity index (χ1n) is 10.1. The predicted molar refractivity (Wildman–Crippen MR) is 110 cm³/mol. The van der Waals surface area contributed by atoms with Gasteiger partial charge in [-0.3, -0.25) is 4.79 Å². The molecule has 0 aliphatic carbocycles. The smallest absolute Gasteiger partial charge is 0.252 e. The van der Waals surface area contributed by atoms with Gasteiger partial charge in [0.1, 0.15) is 18.5 Å². The van der Waals surface area contributed by atoms with Crippen LogP contribution in [0.15, 0.2) is 42.6 Å². The van der Waals surface area contributed by atoms with Crippen LogP contribution in [0.1, 0.15) is 29.6 Å². The number of carbonyl (C=O) groups is 1. The molecule has 0 saturated carbocycles. The Labute approximate surface area is 171 Å². The summed E-state index contributed by atoms with van der Waals surface area (Å²) in [6, 6.07) is 11.4. The summed E-state index contributed by atoms with van der Waals surface area (Å²) in [7, 11) is 1.76. The van der Waals surface area contributed by atoms with Gasteiger partial charge in [-0.25, -0.2) is 4.98 Å². The number of nitrogens with one attached hydrogen (secondary N) is 1. The maximum absolute atomic E-state index is 12.4. The molecule has 1 unspecified atom stereocenters. The number of methoxy groups -OCH3 is 1. The van der Waals surface area contributed by atoms with Crippen LogP contribution in [0.25, 0.3) is 0 Å². The first-order valence-corrected chi connectivity index (χ1v) is 10.1. The van der Waals surface area contributed by atoms with E-state index in [4.69, 9.17) is 14.2 Å². The van der Waals surface area contributed by atoms with Gasteiger partial charge in [0.2, 0.25) is 0 Å². The van der Waals surface area contributed by atoms with Crippen molar-refractivity contribution in [1.29, 1.82) is 0 Å². The van der Waals surface area contributed by atoms with Gasteiger partial charge < -0.3 is 24.4 Å². The monoisotopic (exact) mass is 397 g/mol. The third kappa shape index (κ3) is 4.79. The van der Waals surface area contributed by atoms with E-state index < -0.39 is 0 Å². The Balaban J connectivity index is 1.23. The lowest BCUT2D eigenvalue weighted by molar-refractivity contribution is 0.0812. The van der Waals surface area contributed by atoms with Crippen LogP contribution in [0.4, 0.5) is 5.82 Å². The number of nitrogens with zero attached hydrogens (tertiary/aromatic N) is 2. The Morgan fingerprint density at radius 2 is 2.00 bits per heavy atom. The van der Waals surface area contributed by atoms with E-state index in [-0.39, 0.29) is 12.0 Å². The molecule has 0 bridgehead atoms. The second-order valence-corrected chi connectivity index (χ2v) is 7.37. The van der Waals surface area contributed by atoms with Crippen LogP contribution < -0.4 is 19.7 Å². The van der Waals surface area contributed by atoms with Gasteiger partial charge in [-0.05, 0) is 37.1 Å². The van der Waals surface area contributed by atoms with Crippen LogP contribution in [0.2, 0.25) is 0 Å². The maximum atomic E-state index is 12.4. The van der Waals surface area contributed by atoms with Crippen LogP contribution in [-0.4, -0.2) is 56.5 Å². The highest BCUT2D eigenvalue weighted by molar-refractivity contribution is 5.94. The zero-order chi connectivity index (χ0) is 20.1. The summed E-state index contributed by atoms with van der Waals surface area (Å²) in [5.41, 5.74) is 0.562. The number of para-hydroxylation sites is 2. The number of carbonyl (C=O) groups excluding carboxylic acids is 1. The SMILES string of the molecule is COC1CCN(c2ccc(C(=O)NCCC3COc4ccccc4O3)cn2)CC1. The summed E-state index contributed by atoms with van der Waals surface area (Å²) in [5.74, 6) is 2.30. The number of benzene rings is 1. The van der Waals surface area contributed by atoms with Crippen LogP contribution >= 0.6 is 0 Å². The fraction of sp³-hybridized carbons (Fsp3) is 0.455. The van der Waals surface area contributed by atoms with E-state index in [2.05, 4.69) is 15.2 Å². The Hall–Kier alpha value is -2.80. The molecule has 2 aliphatic rings. The Morgan fingerprint density at radius 1 is 1.21 bits per heavy atom. The minimum absolute atomic E-state index is 0.0688. The average Bonchev–Trinajstić information content (AvgIpc) is 2.79. The standard InChI is InChI=1S/C22H27N3O4/c1-27-17-9-12-25(13-10-17)21-7-6-16(14-24-21)22(26)23-11-8-18-15-28-19-4-2-3-5-20(19)29-18/h2-7,14,17-18H,8-13,15H2,1H3,(H,23,26). The van der Waals surface area contributed by atoms with Crippen molar-refractivity contribution in [3.8, 4) is 11.5 Å². The van der Waals surface area contributed by atoms with Crippen molar-refractivity contribution in [1.82, 2.24) is 10.3 Å². The summed E-state index contributed by atoms with van der Waals surface area (Å²) >= 11 is 0. The first kappa shape index (κ1) is 19.5. The molecule has 3 heterocycles. The molecule has 1 saturated heterocycles. The number of pyridine rings is 1. The van der Waals surface area contributed by atoms with Gasteiger partial charge in [0.15, 0.2) is 11.5 Å². The molecule has 1 aromatic heterocycles. The van der Waals surface area contributed by atoms with Crippen molar-refractivity contribution in [2.45, 2.75) is 31.5 Å². The van der Waals surface area contributed by atoms with Gasteiger partial charge in [0.05, 0.1) is 11.7 Å². The quantitative estimate of drug-likeness (QED) is 0.808. The summed E-state index contributed by atoms with van der Waals surface area (Å²) in [6.07, 6.45) is 4.59. The number of ether oxygens (including phenoxy) is 3. The number of aromatic nitrogens is 1. The first-order chi connectivity index (χ1) is 14.2. The molecule has 0 radical (unpaired) electrons. The highest BCUT2D eigenvalue weighted by atomic mass is 16.6. The third-order valence-corrected chi connectivity index (χ3v) is 5.43. The van der Waals surface area contributed by atoms with Crippen molar-refractivity contribution < 1.29 is 19.0 Å². The molecule has 154 valence electrons. The van der Waals surface area contributed by atoms with E-state index in [0.717, 1.165) is 43.2 Å². The topological polar surface area (TPSA) is 72.9 Å². The second kappa shape index (κ2) is 9.13. The second-order valence-electron chi connectivity index (χ2n) is 7.37. The predicted octanol–water partition coefficient (Wildman–Crippen LogP) is 2.66. The zero-order valence-electron chi connectivity index (χ0n) is 16.7. The number of rotatable bonds is 6. The van der Waals surface area contributed by atoms with E-state index in [1.165, 1.54) is 0 Å². The van der Waals surface area contributed by atoms with Crippen LogP contribution in [-0.2, 0) is 4.74 Å². The fourth-order valence-corrected chi connectivity index (χ4v) is 3.68. The normalized spacial score (nSPS) is 19.1. The van der Waals surface area contributed by atoms with E-state index in [1.54, 1.807) is 13.3 Å². The molecule has 7 nitrogen and oxygen atoms in total. The molecular formula is C22H27N3O4. The summed E-state index contributed by atoms with van der Waals surface area (Å²) in [6.45, 7) is 2.84. The van der Waals surface area contributed by atoms with Crippen LogP contribution in [0, 0.1) is 0 Å². The van der Waals surface area contributed by atoms with Gasteiger partial charge >= 0.3 is 0 Å². The molecule has 4 rings (SSSR count). The molecule has 1 N–H and O–H groups in total. The fourth-order valence-electron chi connectivity index (χ4n) is 3.68. The molecule has 1 atom stereocenters. The molecule has 1 amide bonds. The van der Waals surface area contributed by atoms with E-state index in [9.17, 15) is 4.79 Å². The largest absolute Gasteiger partial charge is 0.486 e. The van der Waals surface area contributed by atoms with Gasteiger partial charge in [-0.15, -0.1) is 0 Å². The Morgan fingerprint density at radius 3 is 2.72 bits per heavy atom. The number of amides is 1. The van der Waals surface area contributed by atoms with Crippen molar-refractivity contribution in [3.63, 3.8) is 0 Å². The van der Waals surface area contributed by atoms with Gasteiger partial charge in [0.25, 0.3) is 5.91 Å². The number of hydrogen-bond donors (Lipinski definition) is 1. The van der Waals surface area contributed by atoms with Crippen LogP contribution in [0.5, 0.6) is 11.5 Å². The highest BCUT2D eigenvalue weighted by Crippen LogP contribution is 2.31. The van der Waals surface area contributed by atoms with Crippen molar-refractivity contribution in [2.75, 3.05) is 38.3 Å². The minimum atomic E-state index is -0.126. The molecule has 0 spiro atoms. The highest BCUT2D eigenvalue weighted by Gasteiger charge is 2.21. The van der Waals surface area contributed by atoms with Gasteiger partial charge in [-0.1, -0.05) is 12.1 Å². The van der Waals surface area contributed by atoms with Crippen molar-refractivity contribution >= 4 is 11.7 Å². The van der Waals surface area contributed by atoms with Gasteiger partial charge in [-0.2, -0.15) is 0 Å². The average molecular weight is 397 g/mol. The maximum Gasteiger partial charge on any atom is 0.252 e. The molecule has 1 aromatic carbocycles. The molecule has 7 heteroatoms. The van der Waals surface area contributed by atoms with Gasteiger partial charge in [0, 0.05) is 39.4 Å². The third-order valence-electron chi connectivity index (χ3n) is 5.43. The van der Waals surface area contributed by atoms with E-state index >= 15 is 0 Å². The number of piperidine rings is 1. The van der Waals surface area contributed by atoms with Crippen molar-refractivity contribution in [2.24, 2.45) is 0 Å². The van der Waals surface area contributed by atoms with Crippen LogP contribution in [0.3, 0.4) is 0 Å². The van der Waals surface area contributed by atoms with E-state index in [0.29, 0.717) is 31.2 Å². The lowest BCUT2D eigenvalue weighted by Crippen LogP contribution is -2.37. The summed E-state index contributed by atoms with van der Waals surface area (Å²) in [4.78, 5) is 19.1. The zero-order valence-corrected chi connectivity index (χ0v) is 16.7. The Bertz CT molecular complexity index is 819. The summed E-state index contributed by atoms with van der Waals surface area (Å²) in [5, 5.41) is 2.94.